The van der Waals surface area contributed by atoms with Crippen LogP contribution in [0.2, 0.25) is 0 Å². The van der Waals surface area contributed by atoms with Crippen molar-refractivity contribution in [2.24, 2.45) is 5.73 Å². The van der Waals surface area contributed by atoms with Gasteiger partial charge in [0.15, 0.2) is 5.82 Å². The second-order valence-electron chi connectivity index (χ2n) is 3.59. The Labute approximate surface area is 104 Å². The summed E-state index contributed by atoms with van der Waals surface area (Å²) in [5.74, 6) is 0.612. The first-order valence-corrected chi connectivity index (χ1v) is 5.47. The Hall–Kier alpha value is -1.95. The molecule has 2 aromatic rings. The summed E-state index contributed by atoms with van der Waals surface area (Å²) in [5, 5.41) is 6.90. The minimum Gasteiger partial charge on any atom is -0.389 e. The second kappa shape index (κ2) is 4.92. The molecular formula is C11H12N4OS. The Morgan fingerprint density at radius 1 is 1.53 bits per heavy atom. The molecule has 0 atom stereocenters. The van der Waals surface area contributed by atoms with Gasteiger partial charge in [-0.2, -0.15) is 4.98 Å². The number of rotatable bonds is 4. The highest BCUT2D eigenvalue weighted by Crippen LogP contribution is 2.15. The summed E-state index contributed by atoms with van der Waals surface area (Å²) < 4.78 is 4.64. The Bertz CT molecular complexity index is 524. The summed E-state index contributed by atoms with van der Waals surface area (Å²) in [7, 11) is 0. The first-order valence-electron chi connectivity index (χ1n) is 5.06. The number of anilines is 1. The van der Waals surface area contributed by atoms with E-state index in [2.05, 4.69) is 20.0 Å². The van der Waals surface area contributed by atoms with E-state index in [1.54, 1.807) is 0 Å². The summed E-state index contributed by atoms with van der Waals surface area (Å²) in [4.78, 5) is 4.33. The van der Waals surface area contributed by atoms with E-state index >= 15 is 0 Å². The van der Waals surface area contributed by atoms with Crippen LogP contribution in [0.1, 0.15) is 17.0 Å². The van der Waals surface area contributed by atoms with Crippen molar-refractivity contribution in [3.63, 3.8) is 0 Å². The topological polar surface area (TPSA) is 77.0 Å². The Balaban J connectivity index is 2.07. The molecule has 3 N–H and O–H groups in total. The fourth-order valence-corrected chi connectivity index (χ4v) is 1.73. The minimum absolute atomic E-state index is 0.409. The second-order valence-corrected chi connectivity index (χ2v) is 4.03. The van der Waals surface area contributed by atoms with E-state index in [4.69, 9.17) is 18.0 Å². The molecule has 0 unspecified atom stereocenters. The molecule has 1 aromatic carbocycles. The number of aromatic nitrogens is 2. The Morgan fingerprint density at radius 2 is 2.35 bits per heavy atom. The fraction of sp³-hybridized carbons (Fsp3) is 0.182. The maximum absolute atomic E-state index is 5.59. The summed E-state index contributed by atoms with van der Waals surface area (Å²) in [6, 6.07) is 5.80. The van der Waals surface area contributed by atoms with Gasteiger partial charge in [-0.25, -0.2) is 0 Å². The van der Waals surface area contributed by atoms with E-state index in [1.165, 1.54) is 6.39 Å². The lowest BCUT2D eigenvalue weighted by molar-refractivity contribution is 0.411. The number of hydrogen-bond acceptors (Lipinski definition) is 5. The molecule has 88 valence electrons. The van der Waals surface area contributed by atoms with Crippen LogP contribution < -0.4 is 11.1 Å². The molecule has 0 radical (unpaired) electrons. The first-order chi connectivity index (χ1) is 8.16. The van der Waals surface area contributed by atoms with Gasteiger partial charge < -0.3 is 15.6 Å². The third-order valence-electron chi connectivity index (χ3n) is 2.35. The molecule has 2 rings (SSSR count). The average Bonchev–Trinajstić information content (AvgIpc) is 2.78. The van der Waals surface area contributed by atoms with E-state index in [0.717, 1.165) is 16.8 Å². The summed E-state index contributed by atoms with van der Waals surface area (Å²) in [6.45, 7) is 2.48. The van der Waals surface area contributed by atoms with Crippen molar-refractivity contribution in [3.05, 3.63) is 41.5 Å². The number of nitrogens with two attached hydrogens (primary N) is 1. The van der Waals surface area contributed by atoms with E-state index in [-0.39, 0.29) is 0 Å². The fourth-order valence-electron chi connectivity index (χ4n) is 1.50. The number of nitrogens with one attached hydrogen (secondary N) is 1. The van der Waals surface area contributed by atoms with E-state index < -0.39 is 0 Å². The Morgan fingerprint density at radius 3 is 2.94 bits per heavy atom. The number of thiocarbonyl (C=S) groups is 1. The monoisotopic (exact) mass is 248 g/mol. The Kier molecular flexibility index (Phi) is 3.34. The molecule has 6 heteroatoms. The maximum Gasteiger partial charge on any atom is 0.213 e. The predicted molar refractivity (Wildman–Crippen MR) is 68.7 cm³/mol. The van der Waals surface area contributed by atoms with Gasteiger partial charge in [-0.15, -0.1) is 0 Å². The van der Waals surface area contributed by atoms with Crippen molar-refractivity contribution < 1.29 is 4.52 Å². The molecule has 0 amide bonds. The molecule has 0 aliphatic heterocycles. The van der Waals surface area contributed by atoms with Crippen LogP contribution in [0.25, 0.3) is 0 Å². The quantitative estimate of drug-likeness (QED) is 0.801. The highest BCUT2D eigenvalue weighted by molar-refractivity contribution is 7.80. The third kappa shape index (κ3) is 2.79. The highest BCUT2D eigenvalue weighted by atomic mass is 32.1. The molecule has 0 aliphatic carbocycles. The number of hydrogen-bond donors (Lipinski definition) is 2. The van der Waals surface area contributed by atoms with Gasteiger partial charge in [0.25, 0.3) is 0 Å². The van der Waals surface area contributed by atoms with Crippen LogP contribution in [0, 0.1) is 6.92 Å². The van der Waals surface area contributed by atoms with Crippen molar-refractivity contribution in [1.82, 2.24) is 10.1 Å². The van der Waals surface area contributed by atoms with Crippen LogP contribution in [-0.4, -0.2) is 15.1 Å². The molecule has 0 saturated heterocycles. The number of aryl methyl sites for hydroxylation is 1. The van der Waals surface area contributed by atoms with Crippen LogP contribution in [0.5, 0.6) is 0 Å². The molecule has 0 fully saturated rings. The molecule has 0 bridgehead atoms. The molecule has 1 aromatic heterocycles. The van der Waals surface area contributed by atoms with Gasteiger partial charge in [0.2, 0.25) is 6.39 Å². The summed E-state index contributed by atoms with van der Waals surface area (Å²) in [6.07, 6.45) is 1.30. The zero-order valence-electron chi connectivity index (χ0n) is 9.30. The lowest BCUT2D eigenvalue weighted by Gasteiger charge is -2.08. The van der Waals surface area contributed by atoms with E-state index in [9.17, 15) is 0 Å². The smallest absolute Gasteiger partial charge is 0.213 e. The highest BCUT2D eigenvalue weighted by Gasteiger charge is 2.03. The number of benzene rings is 1. The zero-order chi connectivity index (χ0) is 12.3. The van der Waals surface area contributed by atoms with E-state index in [0.29, 0.717) is 17.4 Å². The summed E-state index contributed by atoms with van der Waals surface area (Å²) >= 11 is 4.95. The van der Waals surface area contributed by atoms with Crippen LogP contribution >= 0.6 is 12.2 Å². The lowest BCUT2D eigenvalue weighted by atomic mass is 10.1. The zero-order valence-corrected chi connectivity index (χ0v) is 10.1. The molecule has 0 aliphatic rings. The number of nitrogens with zero attached hydrogens (tertiary/aromatic N) is 2. The van der Waals surface area contributed by atoms with Gasteiger partial charge in [0.05, 0.1) is 6.54 Å². The summed E-state index contributed by atoms with van der Waals surface area (Å²) in [5.41, 5.74) is 8.49. The first kappa shape index (κ1) is 11.5. The van der Waals surface area contributed by atoms with Crippen LogP contribution in [0.4, 0.5) is 5.69 Å². The van der Waals surface area contributed by atoms with Gasteiger partial charge in [0.1, 0.15) is 4.99 Å². The van der Waals surface area contributed by atoms with Gasteiger partial charge >= 0.3 is 0 Å². The lowest BCUT2D eigenvalue weighted by Crippen LogP contribution is -2.11. The molecular weight excluding hydrogens is 236 g/mol. The molecule has 0 saturated carbocycles. The standard InChI is InChI=1S/C11H12N4OS/c1-7-4-8(2-3-9(7)11(12)17)13-5-10-14-6-16-15-10/h2-4,6,13H,5H2,1H3,(H2,12,17). The van der Waals surface area contributed by atoms with Crippen LogP contribution in [0.15, 0.2) is 29.1 Å². The minimum atomic E-state index is 0.409. The van der Waals surface area contributed by atoms with Crippen LogP contribution in [-0.2, 0) is 6.54 Å². The normalized spacial score (nSPS) is 10.2. The van der Waals surface area contributed by atoms with Crippen LogP contribution in [0.3, 0.4) is 0 Å². The van der Waals surface area contributed by atoms with Crippen molar-refractivity contribution in [3.8, 4) is 0 Å². The molecule has 17 heavy (non-hydrogen) atoms. The van der Waals surface area contributed by atoms with Crippen molar-refractivity contribution >= 4 is 22.9 Å². The largest absolute Gasteiger partial charge is 0.389 e. The van der Waals surface area contributed by atoms with Crippen molar-refractivity contribution in [2.45, 2.75) is 13.5 Å². The van der Waals surface area contributed by atoms with Crippen molar-refractivity contribution in [2.75, 3.05) is 5.32 Å². The van der Waals surface area contributed by atoms with Gasteiger partial charge in [-0.1, -0.05) is 17.4 Å². The molecule has 5 nitrogen and oxygen atoms in total. The third-order valence-corrected chi connectivity index (χ3v) is 2.57. The molecule has 0 spiro atoms. The van der Waals surface area contributed by atoms with Gasteiger partial charge in [0, 0.05) is 11.3 Å². The van der Waals surface area contributed by atoms with Gasteiger partial charge in [-0.3, -0.25) is 0 Å². The average molecular weight is 248 g/mol. The maximum atomic E-state index is 5.59. The van der Waals surface area contributed by atoms with Crippen molar-refractivity contribution in [1.29, 1.82) is 0 Å². The SMILES string of the molecule is Cc1cc(NCc2ncon2)ccc1C(N)=S. The molecule has 1 heterocycles. The van der Waals surface area contributed by atoms with Gasteiger partial charge in [-0.05, 0) is 30.7 Å². The van der Waals surface area contributed by atoms with E-state index in [1.807, 2.05) is 25.1 Å². The predicted octanol–water partition coefficient (Wildman–Crippen LogP) is 1.62.